The van der Waals surface area contributed by atoms with Crippen LogP contribution in [0.1, 0.15) is 24.2 Å². The molecule has 0 aromatic heterocycles. The molecular weight excluding hydrogens is 246 g/mol. The molecular formula is C11H12ClNO4. The van der Waals surface area contributed by atoms with Gasteiger partial charge in [-0.05, 0) is 29.7 Å². The summed E-state index contributed by atoms with van der Waals surface area (Å²) >= 11 is 5.25. The number of ether oxygens (including phenoxy) is 1. The van der Waals surface area contributed by atoms with Gasteiger partial charge in [-0.15, -0.1) is 0 Å². The molecule has 1 rings (SSSR count). The van der Waals surface area contributed by atoms with Gasteiger partial charge in [-0.25, -0.2) is 0 Å². The topological polar surface area (TPSA) is 69.4 Å². The Kier molecular flexibility index (Phi) is 4.45. The quantitative estimate of drug-likeness (QED) is 0.462. The lowest BCUT2D eigenvalue weighted by atomic mass is 10.2. The molecule has 0 aliphatic heterocycles. The van der Waals surface area contributed by atoms with Gasteiger partial charge in [0.05, 0.1) is 17.6 Å². The lowest BCUT2D eigenvalue weighted by molar-refractivity contribution is -0.385. The second-order valence-electron chi connectivity index (χ2n) is 3.91. The number of nitro groups is 1. The summed E-state index contributed by atoms with van der Waals surface area (Å²) in [6.45, 7) is 4.38. The fourth-order valence-corrected chi connectivity index (χ4v) is 1.34. The molecule has 5 nitrogen and oxygen atoms in total. The average Bonchev–Trinajstić information content (AvgIpc) is 2.25. The second-order valence-corrected chi connectivity index (χ2v) is 4.26. The maximum Gasteiger partial charge on any atom is 0.285 e. The van der Waals surface area contributed by atoms with Gasteiger partial charge in [0.15, 0.2) is 0 Å². The smallest absolute Gasteiger partial charge is 0.285 e. The third kappa shape index (κ3) is 3.71. The zero-order chi connectivity index (χ0) is 13.0. The molecule has 1 aromatic rings. The SMILES string of the molecule is CC(C)COc1ccc(C(=O)Cl)c([N+](=O)[O-])c1. The zero-order valence-electron chi connectivity index (χ0n) is 9.47. The lowest BCUT2D eigenvalue weighted by Gasteiger charge is -2.08. The molecule has 0 saturated carbocycles. The second kappa shape index (κ2) is 5.63. The predicted molar refractivity (Wildman–Crippen MR) is 63.6 cm³/mol. The number of nitrogens with zero attached hydrogens (tertiary/aromatic N) is 1. The van der Waals surface area contributed by atoms with Crippen LogP contribution in [0.5, 0.6) is 5.75 Å². The van der Waals surface area contributed by atoms with Gasteiger partial charge in [-0.2, -0.15) is 0 Å². The Hall–Kier alpha value is -1.62. The Labute approximate surface area is 103 Å². The van der Waals surface area contributed by atoms with Crippen LogP contribution in [-0.2, 0) is 0 Å². The molecule has 0 fully saturated rings. The van der Waals surface area contributed by atoms with Crippen LogP contribution in [0.25, 0.3) is 0 Å². The normalized spacial score (nSPS) is 10.4. The van der Waals surface area contributed by atoms with Crippen LogP contribution in [0.15, 0.2) is 18.2 Å². The Morgan fingerprint density at radius 2 is 2.18 bits per heavy atom. The van der Waals surface area contributed by atoms with E-state index in [1.54, 1.807) is 0 Å². The van der Waals surface area contributed by atoms with Crippen molar-refractivity contribution in [2.24, 2.45) is 5.92 Å². The Morgan fingerprint density at radius 1 is 1.53 bits per heavy atom. The van der Waals surface area contributed by atoms with Crippen molar-refractivity contribution in [3.05, 3.63) is 33.9 Å². The molecule has 0 bridgehead atoms. The minimum atomic E-state index is -0.855. The first-order valence-corrected chi connectivity index (χ1v) is 5.40. The van der Waals surface area contributed by atoms with Crippen LogP contribution in [0.2, 0.25) is 0 Å². The summed E-state index contributed by atoms with van der Waals surface area (Å²) in [7, 11) is 0. The van der Waals surface area contributed by atoms with Crippen molar-refractivity contribution in [3.8, 4) is 5.75 Å². The van der Waals surface area contributed by atoms with Crippen LogP contribution in [0, 0.1) is 16.0 Å². The van der Waals surface area contributed by atoms with Crippen molar-refractivity contribution < 1.29 is 14.5 Å². The van der Waals surface area contributed by atoms with Crippen LogP contribution in [-0.4, -0.2) is 16.8 Å². The van der Waals surface area contributed by atoms with Crippen molar-refractivity contribution in [2.45, 2.75) is 13.8 Å². The third-order valence-corrected chi connectivity index (χ3v) is 2.16. The maximum atomic E-state index is 11.0. The van der Waals surface area contributed by atoms with Crippen molar-refractivity contribution in [1.29, 1.82) is 0 Å². The number of benzene rings is 1. The molecule has 0 heterocycles. The fraction of sp³-hybridized carbons (Fsp3) is 0.364. The van der Waals surface area contributed by atoms with E-state index in [0.717, 1.165) is 0 Å². The number of carbonyl (C=O) groups is 1. The van der Waals surface area contributed by atoms with Crippen molar-refractivity contribution >= 4 is 22.5 Å². The van der Waals surface area contributed by atoms with Crippen molar-refractivity contribution in [2.75, 3.05) is 6.61 Å². The maximum absolute atomic E-state index is 11.0. The van der Waals surface area contributed by atoms with Gasteiger partial charge < -0.3 is 4.74 Å². The predicted octanol–water partition coefficient (Wildman–Crippen LogP) is 3.01. The highest BCUT2D eigenvalue weighted by Gasteiger charge is 2.19. The molecule has 0 aliphatic carbocycles. The molecule has 0 radical (unpaired) electrons. The summed E-state index contributed by atoms with van der Waals surface area (Å²) < 4.78 is 5.33. The molecule has 0 N–H and O–H groups in total. The highest BCUT2D eigenvalue weighted by molar-refractivity contribution is 6.68. The van der Waals surface area contributed by atoms with Gasteiger partial charge in [0.1, 0.15) is 11.3 Å². The van der Waals surface area contributed by atoms with E-state index >= 15 is 0 Å². The number of halogens is 1. The summed E-state index contributed by atoms with van der Waals surface area (Å²) in [5.74, 6) is 0.662. The van der Waals surface area contributed by atoms with E-state index in [9.17, 15) is 14.9 Å². The molecule has 0 amide bonds. The largest absolute Gasteiger partial charge is 0.493 e. The molecule has 0 aliphatic rings. The van der Waals surface area contributed by atoms with Crippen LogP contribution in [0.3, 0.4) is 0 Å². The number of hydrogen-bond acceptors (Lipinski definition) is 4. The summed E-state index contributed by atoms with van der Waals surface area (Å²) in [6, 6.07) is 3.99. The molecule has 1 aromatic carbocycles. The van der Waals surface area contributed by atoms with Gasteiger partial charge in [0.25, 0.3) is 10.9 Å². The van der Waals surface area contributed by atoms with E-state index in [2.05, 4.69) is 0 Å². The average molecular weight is 258 g/mol. The molecule has 0 spiro atoms. The number of nitro benzene ring substituents is 1. The first-order valence-electron chi connectivity index (χ1n) is 5.03. The number of carbonyl (C=O) groups excluding carboxylic acids is 1. The van der Waals surface area contributed by atoms with Gasteiger partial charge in [0, 0.05) is 0 Å². The van der Waals surface area contributed by atoms with Gasteiger partial charge in [0.2, 0.25) is 0 Å². The van der Waals surface area contributed by atoms with Gasteiger partial charge >= 0.3 is 0 Å². The Morgan fingerprint density at radius 3 is 2.65 bits per heavy atom. The molecule has 6 heteroatoms. The Bertz CT molecular complexity index is 445. The molecule has 0 atom stereocenters. The summed E-state index contributed by atoms with van der Waals surface area (Å²) in [5, 5.41) is 9.90. The van der Waals surface area contributed by atoms with Gasteiger partial charge in [-0.1, -0.05) is 13.8 Å². The lowest BCUT2D eigenvalue weighted by Crippen LogP contribution is -2.05. The van der Waals surface area contributed by atoms with Crippen molar-refractivity contribution in [1.82, 2.24) is 0 Å². The zero-order valence-corrected chi connectivity index (χ0v) is 10.2. The number of rotatable bonds is 5. The Balaban J connectivity index is 3.02. The molecule has 0 saturated heterocycles. The van der Waals surface area contributed by atoms with E-state index in [-0.39, 0.29) is 11.3 Å². The van der Waals surface area contributed by atoms with E-state index < -0.39 is 10.2 Å². The minimum absolute atomic E-state index is 0.131. The summed E-state index contributed by atoms with van der Waals surface area (Å²) in [4.78, 5) is 21.1. The van der Waals surface area contributed by atoms with E-state index in [1.807, 2.05) is 13.8 Å². The highest BCUT2D eigenvalue weighted by atomic mass is 35.5. The van der Waals surface area contributed by atoms with Crippen LogP contribution in [0.4, 0.5) is 5.69 Å². The number of hydrogen-bond donors (Lipinski definition) is 0. The van der Waals surface area contributed by atoms with Crippen molar-refractivity contribution in [3.63, 3.8) is 0 Å². The molecule has 92 valence electrons. The summed E-state index contributed by atoms with van der Waals surface area (Å²) in [5.41, 5.74) is -0.472. The minimum Gasteiger partial charge on any atom is -0.493 e. The third-order valence-electron chi connectivity index (χ3n) is 1.96. The standard InChI is InChI=1S/C11H12ClNO4/c1-7(2)6-17-8-3-4-9(11(12)14)10(5-8)13(15)16/h3-5,7H,6H2,1-2H3. The molecule has 17 heavy (non-hydrogen) atoms. The first kappa shape index (κ1) is 13.4. The van der Waals surface area contributed by atoms with Crippen LogP contribution < -0.4 is 4.74 Å². The van der Waals surface area contributed by atoms with E-state index in [0.29, 0.717) is 18.3 Å². The summed E-state index contributed by atoms with van der Waals surface area (Å²) in [6.07, 6.45) is 0. The monoisotopic (exact) mass is 257 g/mol. The highest BCUT2D eigenvalue weighted by Crippen LogP contribution is 2.26. The van der Waals surface area contributed by atoms with Crippen LogP contribution >= 0.6 is 11.6 Å². The fourth-order valence-electron chi connectivity index (χ4n) is 1.18. The first-order chi connectivity index (χ1) is 7.91. The van der Waals surface area contributed by atoms with E-state index in [4.69, 9.17) is 16.3 Å². The molecule has 0 unspecified atom stereocenters. The van der Waals surface area contributed by atoms with E-state index in [1.165, 1.54) is 18.2 Å². The van der Waals surface area contributed by atoms with Gasteiger partial charge in [-0.3, -0.25) is 14.9 Å².